The number of aromatic nitrogens is 3. The van der Waals surface area contributed by atoms with Crippen molar-refractivity contribution in [1.82, 2.24) is 15.0 Å². The average Bonchev–Trinajstić information content (AvgIpc) is 3.19. The van der Waals surface area contributed by atoms with Crippen molar-refractivity contribution in [1.29, 1.82) is 5.26 Å². The lowest BCUT2D eigenvalue weighted by Gasteiger charge is -2.04. The minimum absolute atomic E-state index is 0.663. The largest absolute Gasteiger partial charge is 0.220 e. The van der Waals surface area contributed by atoms with Crippen LogP contribution in [0.5, 0.6) is 0 Å². The summed E-state index contributed by atoms with van der Waals surface area (Å²) in [7, 11) is 0. The molecule has 4 heteroatoms. The maximum absolute atomic E-state index is 8.88. The first-order chi connectivity index (χ1) is 12.3. The van der Waals surface area contributed by atoms with Crippen molar-refractivity contribution in [3.8, 4) is 34.1 Å². The van der Waals surface area contributed by atoms with Crippen LogP contribution < -0.4 is 0 Å². The molecule has 25 heavy (non-hydrogen) atoms. The van der Waals surface area contributed by atoms with Crippen molar-refractivity contribution in [2.45, 2.75) is 0 Å². The Morgan fingerprint density at radius 3 is 2.00 bits per heavy atom. The Morgan fingerprint density at radius 1 is 0.720 bits per heavy atom. The van der Waals surface area contributed by atoms with E-state index in [4.69, 9.17) is 5.26 Å². The first-order valence-corrected chi connectivity index (χ1v) is 7.92. The predicted octanol–water partition coefficient (Wildman–Crippen LogP) is 4.47. The van der Waals surface area contributed by atoms with Crippen LogP contribution in [-0.4, -0.2) is 15.0 Å². The molecular weight excluding hydrogens is 308 g/mol. The number of hydrogen-bond acceptors (Lipinski definition) is 3. The third kappa shape index (κ3) is 3.04. The van der Waals surface area contributed by atoms with Gasteiger partial charge in [0.1, 0.15) is 5.69 Å². The third-order valence-electron chi connectivity index (χ3n) is 4.04. The summed E-state index contributed by atoms with van der Waals surface area (Å²) in [6, 6.07) is 27.8. The molecule has 0 N–H and O–H groups in total. The Morgan fingerprint density at radius 2 is 1.36 bits per heavy atom. The van der Waals surface area contributed by atoms with E-state index in [-0.39, 0.29) is 0 Å². The van der Waals surface area contributed by atoms with E-state index in [0.29, 0.717) is 5.56 Å². The van der Waals surface area contributed by atoms with Crippen molar-refractivity contribution in [2.75, 3.05) is 0 Å². The molecule has 0 aliphatic carbocycles. The molecule has 0 aliphatic rings. The van der Waals surface area contributed by atoms with Gasteiger partial charge in [-0.2, -0.15) is 5.26 Å². The van der Waals surface area contributed by atoms with E-state index in [9.17, 15) is 0 Å². The van der Waals surface area contributed by atoms with Crippen molar-refractivity contribution in [2.24, 2.45) is 0 Å². The van der Waals surface area contributed by atoms with Crippen LogP contribution in [0.15, 0.2) is 85.1 Å². The van der Waals surface area contributed by atoms with E-state index in [1.807, 2.05) is 85.1 Å². The van der Waals surface area contributed by atoms with E-state index in [1.54, 1.807) is 4.68 Å². The summed E-state index contributed by atoms with van der Waals surface area (Å²) >= 11 is 0. The van der Waals surface area contributed by atoms with Gasteiger partial charge in [-0.05, 0) is 35.4 Å². The van der Waals surface area contributed by atoms with E-state index in [0.717, 1.165) is 28.1 Å². The first kappa shape index (κ1) is 14.9. The minimum Gasteiger partial charge on any atom is -0.220 e. The molecule has 118 valence electrons. The SMILES string of the molecule is N#Cc1ccc(-c2ccc(-n3cc(-c4ccccc4)nn3)cc2)cc1. The quantitative estimate of drug-likeness (QED) is 0.559. The second-order valence-electron chi connectivity index (χ2n) is 5.65. The van der Waals surface area contributed by atoms with Gasteiger partial charge in [0.05, 0.1) is 23.5 Å². The zero-order valence-corrected chi connectivity index (χ0v) is 13.4. The van der Waals surface area contributed by atoms with Gasteiger partial charge in [0, 0.05) is 5.56 Å². The average molecular weight is 322 g/mol. The smallest absolute Gasteiger partial charge is 0.113 e. The molecule has 0 saturated heterocycles. The van der Waals surface area contributed by atoms with Crippen molar-refractivity contribution in [3.63, 3.8) is 0 Å². The molecular formula is C21H14N4. The summed E-state index contributed by atoms with van der Waals surface area (Å²) in [5.41, 5.74) is 5.67. The van der Waals surface area contributed by atoms with Crippen LogP contribution in [0.4, 0.5) is 0 Å². The van der Waals surface area contributed by atoms with E-state index < -0.39 is 0 Å². The lowest BCUT2D eigenvalue weighted by Crippen LogP contribution is -1.94. The van der Waals surface area contributed by atoms with Crippen LogP contribution in [0.2, 0.25) is 0 Å². The summed E-state index contributed by atoms with van der Waals surface area (Å²) < 4.78 is 1.77. The van der Waals surface area contributed by atoms with E-state index in [1.165, 1.54) is 0 Å². The third-order valence-corrected chi connectivity index (χ3v) is 4.04. The maximum atomic E-state index is 8.88. The Kier molecular flexibility index (Phi) is 3.82. The number of benzene rings is 3. The highest BCUT2D eigenvalue weighted by molar-refractivity contribution is 5.65. The maximum Gasteiger partial charge on any atom is 0.113 e. The van der Waals surface area contributed by atoms with E-state index >= 15 is 0 Å². The standard InChI is InChI=1S/C21H14N4/c22-14-16-6-8-17(9-7-16)18-10-12-20(13-11-18)25-15-21(23-24-25)19-4-2-1-3-5-19/h1-13,15H. The zero-order chi connectivity index (χ0) is 17.1. The Hall–Kier alpha value is -3.71. The van der Waals surface area contributed by atoms with E-state index in [2.05, 4.69) is 16.4 Å². The number of nitriles is 1. The second-order valence-corrected chi connectivity index (χ2v) is 5.65. The topological polar surface area (TPSA) is 54.5 Å². The van der Waals surface area contributed by atoms with Gasteiger partial charge in [0.25, 0.3) is 0 Å². The Bertz CT molecular complexity index is 1020. The number of nitrogens with zero attached hydrogens (tertiary/aromatic N) is 4. The van der Waals surface area contributed by atoms with Crippen LogP contribution in [0.3, 0.4) is 0 Å². The molecule has 0 aliphatic heterocycles. The minimum atomic E-state index is 0.663. The summed E-state index contributed by atoms with van der Waals surface area (Å²) in [5, 5.41) is 17.3. The zero-order valence-electron chi connectivity index (χ0n) is 13.4. The summed E-state index contributed by atoms with van der Waals surface area (Å²) in [6.45, 7) is 0. The number of hydrogen-bond donors (Lipinski definition) is 0. The summed E-state index contributed by atoms with van der Waals surface area (Å²) in [6.07, 6.45) is 1.92. The lowest BCUT2D eigenvalue weighted by atomic mass is 10.0. The molecule has 0 saturated carbocycles. The summed E-state index contributed by atoms with van der Waals surface area (Å²) in [5.74, 6) is 0. The molecule has 4 aromatic rings. The molecule has 4 nitrogen and oxygen atoms in total. The molecule has 0 spiro atoms. The normalized spacial score (nSPS) is 10.4. The Labute approximate surface area is 145 Å². The lowest BCUT2D eigenvalue weighted by molar-refractivity contribution is 0.804. The van der Waals surface area contributed by atoms with Gasteiger partial charge in [0.2, 0.25) is 0 Å². The molecule has 1 aromatic heterocycles. The fourth-order valence-corrected chi connectivity index (χ4v) is 2.68. The summed E-state index contributed by atoms with van der Waals surface area (Å²) in [4.78, 5) is 0. The fraction of sp³-hybridized carbons (Fsp3) is 0. The van der Waals surface area contributed by atoms with Crippen LogP contribution in [0, 0.1) is 11.3 Å². The molecule has 0 amide bonds. The van der Waals surface area contributed by atoms with Gasteiger partial charge in [0.15, 0.2) is 0 Å². The molecule has 0 unspecified atom stereocenters. The fourth-order valence-electron chi connectivity index (χ4n) is 2.68. The van der Waals surface area contributed by atoms with Gasteiger partial charge in [-0.3, -0.25) is 0 Å². The molecule has 0 fully saturated rings. The highest BCUT2D eigenvalue weighted by atomic mass is 15.4. The predicted molar refractivity (Wildman–Crippen MR) is 96.9 cm³/mol. The van der Waals surface area contributed by atoms with Crippen molar-refractivity contribution < 1.29 is 0 Å². The van der Waals surface area contributed by atoms with Crippen LogP contribution in [0.1, 0.15) is 5.56 Å². The van der Waals surface area contributed by atoms with Crippen LogP contribution >= 0.6 is 0 Å². The molecule has 1 heterocycles. The van der Waals surface area contributed by atoms with Crippen LogP contribution in [-0.2, 0) is 0 Å². The molecule has 4 rings (SSSR count). The molecule has 0 radical (unpaired) electrons. The monoisotopic (exact) mass is 322 g/mol. The highest BCUT2D eigenvalue weighted by Crippen LogP contribution is 2.22. The molecule has 3 aromatic carbocycles. The van der Waals surface area contributed by atoms with Gasteiger partial charge < -0.3 is 0 Å². The Balaban J connectivity index is 1.60. The van der Waals surface area contributed by atoms with Crippen molar-refractivity contribution in [3.05, 3.63) is 90.6 Å². The molecule has 0 atom stereocenters. The molecule has 0 bridgehead atoms. The van der Waals surface area contributed by atoms with Gasteiger partial charge in [-0.25, -0.2) is 4.68 Å². The highest BCUT2D eigenvalue weighted by Gasteiger charge is 2.05. The van der Waals surface area contributed by atoms with Crippen molar-refractivity contribution >= 4 is 0 Å². The first-order valence-electron chi connectivity index (χ1n) is 7.92. The van der Waals surface area contributed by atoms with Crippen LogP contribution in [0.25, 0.3) is 28.1 Å². The van der Waals surface area contributed by atoms with Gasteiger partial charge in [-0.1, -0.05) is 59.8 Å². The van der Waals surface area contributed by atoms with Gasteiger partial charge >= 0.3 is 0 Å². The number of rotatable bonds is 3. The van der Waals surface area contributed by atoms with Gasteiger partial charge in [-0.15, -0.1) is 5.10 Å². The second kappa shape index (κ2) is 6.42.